The maximum atomic E-state index is 12.7. The van der Waals surface area contributed by atoms with Gasteiger partial charge in [-0.2, -0.15) is 5.26 Å². The van der Waals surface area contributed by atoms with E-state index in [0.29, 0.717) is 28.4 Å². The summed E-state index contributed by atoms with van der Waals surface area (Å²) in [7, 11) is 0. The summed E-state index contributed by atoms with van der Waals surface area (Å²) in [6, 6.07) is 10.6. The number of aromatic nitrogens is 3. The summed E-state index contributed by atoms with van der Waals surface area (Å²) in [5.41, 5.74) is 1.72. The number of benzene rings is 1. The first-order chi connectivity index (χ1) is 12.6. The van der Waals surface area contributed by atoms with Gasteiger partial charge in [-0.25, -0.2) is 4.79 Å². The van der Waals surface area contributed by atoms with Crippen LogP contribution in [0.25, 0.3) is 16.9 Å². The molecular formula is C18H13N5O3. The Bertz CT molecular complexity index is 1220. The van der Waals surface area contributed by atoms with Gasteiger partial charge in [-0.05, 0) is 37.3 Å². The summed E-state index contributed by atoms with van der Waals surface area (Å²) in [6.45, 7) is 1.63. The van der Waals surface area contributed by atoms with E-state index < -0.39 is 5.91 Å². The molecule has 0 bridgehead atoms. The lowest BCUT2D eigenvalue weighted by Gasteiger charge is -2.05. The lowest BCUT2D eigenvalue weighted by atomic mass is 10.1. The highest BCUT2D eigenvalue weighted by Gasteiger charge is 2.24. The standard InChI is InChI=1S/C18H13N5O3/c1-10-15(12(9-19)17(26-10)23-6-2-3-7-23)16(24)20-11-4-5-13-14(8-11)22-18(25)21-13/h2-8H,1H3,(H,20,24)(H2,21,22,25). The number of carbonyl (C=O) groups excluding carboxylic acids is 1. The molecule has 0 radical (unpaired) electrons. The molecule has 4 aromatic rings. The average Bonchev–Trinajstić information content (AvgIpc) is 3.31. The highest BCUT2D eigenvalue weighted by atomic mass is 16.4. The van der Waals surface area contributed by atoms with Gasteiger partial charge >= 0.3 is 5.69 Å². The molecule has 1 aromatic carbocycles. The number of fused-ring (bicyclic) bond motifs is 1. The number of hydrogen-bond donors (Lipinski definition) is 3. The highest BCUT2D eigenvalue weighted by Crippen LogP contribution is 2.26. The summed E-state index contributed by atoms with van der Waals surface area (Å²) < 4.78 is 7.28. The fourth-order valence-electron chi connectivity index (χ4n) is 2.86. The van der Waals surface area contributed by atoms with Gasteiger partial charge < -0.3 is 19.7 Å². The summed E-state index contributed by atoms with van der Waals surface area (Å²) in [4.78, 5) is 29.3. The fourth-order valence-corrected chi connectivity index (χ4v) is 2.86. The summed E-state index contributed by atoms with van der Waals surface area (Å²) in [5, 5.41) is 12.3. The molecule has 26 heavy (non-hydrogen) atoms. The third kappa shape index (κ3) is 2.48. The minimum Gasteiger partial charge on any atom is -0.443 e. The molecule has 0 fully saturated rings. The van der Waals surface area contributed by atoms with Crippen LogP contribution in [-0.2, 0) is 0 Å². The second-order valence-corrected chi connectivity index (χ2v) is 5.71. The first kappa shape index (κ1) is 15.5. The molecule has 0 aliphatic carbocycles. The molecule has 1 amide bonds. The van der Waals surface area contributed by atoms with Crippen LogP contribution in [-0.4, -0.2) is 20.4 Å². The van der Waals surface area contributed by atoms with E-state index in [2.05, 4.69) is 15.3 Å². The molecule has 0 unspecified atom stereocenters. The Kier molecular flexibility index (Phi) is 3.48. The molecule has 3 heterocycles. The van der Waals surface area contributed by atoms with E-state index in [4.69, 9.17) is 4.42 Å². The number of nitrogens with zero attached hydrogens (tertiary/aromatic N) is 2. The van der Waals surface area contributed by atoms with Crippen molar-refractivity contribution in [3.05, 3.63) is 70.1 Å². The molecule has 0 aliphatic rings. The number of furan rings is 1. The largest absolute Gasteiger partial charge is 0.443 e. The van der Waals surface area contributed by atoms with E-state index in [1.165, 1.54) is 0 Å². The van der Waals surface area contributed by atoms with Crippen molar-refractivity contribution in [1.82, 2.24) is 14.5 Å². The van der Waals surface area contributed by atoms with Gasteiger partial charge in [0.15, 0.2) is 0 Å². The Morgan fingerprint density at radius 3 is 2.69 bits per heavy atom. The summed E-state index contributed by atoms with van der Waals surface area (Å²) >= 11 is 0. The van der Waals surface area contributed by atoms with Crippen LogP contribution in [0.15, 0.2) is 51.9 Å². The number of nitrogens with one attached hydrogen (secondary N) is 3. The van der Waals surface area contributed by atoms with E-state index in [9.17, 15) is 14.9 Å². The van der Waals surface area contributed by atoms with E-state index in [-0.39, 0.29) is 16.8 Å². The molecule has 0 saturated carbocycles. The number of hydrogen-bond acceptors (Lipinski definition) is 4. The number of rotatable bonds is 3. The van der Waals surface area contributed by atoms with Crippen molar-refractivity contribution in [2.24, 2.45) is 0 Å². The summed E-state index contributed by atoms with van der Waals surface area (Å²) in [5.74, 6) is 0.183. The van der Waals surface area contributed by atoms with Crippen molar-refractivity contribution in [2.45, 2.75) is 6.92 Å². The van der Waals surface area contributed by atoms with Crippen molar-refractivity contribution in [2.75, 3.05) is 5.32 Å². The Balaban J connectivity index is 1.71. The van der Waals surface area contributed by atoms with Crippen molar-refractivity contribution < 1.29 is 9.21 Å². The first-order valence-corrected chi connectivity index (χ1v) is 7.77. The van der Waals surface area contributed by atoms with Gasteiger partial charge in [0.2, 0.25) is 5.88 Å². The van der Waals surface area contributed by atoms with E-state index in [1.54, 1.807) is 54.2 Å². The number of H-pyrrole nitrogens is 2. The SMILES string of the molecule is Cc1oc(-n2cccc2)c(C#N)c1C(=O)Nc1ccc2[nH]c(=O)[nH]c2c1. The predicted molar refractivity (Wildman–Crippen MR) is 94.4 cm³/mol. The van der Waals surface area contributed by atoms with Gasteiger partial charge in [-0.15, -0.1) is 0 Å². The van der Waals surface area contributed by atoms with Crippen LogP contribution in [0.2, 0.25) is 0 Å². The molecule has 3 aromatic heterocycles. The number of anilines is 1. The lowest BCUT2D eigenvalue weighted by molar-refractivity contribution is 0.102. The Labute approximate surface area is 146 Å². The number of carbonyl (C=O) groups is 1. The molecule has 4 rings (SSSR count). The Hall–Kier alpha value is -3.99. The quantitative estimate of drug-likeness (QED) is 0.528. The van der Waals surface area contributed by atoms with Gasteiger partial charge in [-0.1, -0.05) is 0 Å². The van der Waals surface area contributed by atoms with E-state index >= 15 is 0 Å². The Morgan fingerprint density at radius 1 is 1.23 bits per heavy atom. The van der Waals surface area contributed by atoms with Gasteiger partial charge in [0.25, 0.3) is 5.91 Å². The molecule has 0 aliphatic heterocycles. The monoisotopic (exact) mass is 347 g/mol. The average molecular weight is 347 g/mol. The van der Waals surface area contributed by atoms with Crippen LogP contribution in [0.3, 0.4) is 0 Å². The van der Waals surface area contributed by atoms with Gasteiger partial charge in [0.05, 0.1) is 11.0 Å². The zero-order chi connectivity index (χ0) is 18.3. The van der Waals surface area contributed by atoms with Crippen molar-refractivity contribution in [3.63, 3.8) is 0 Å². The van der Waals surface area contributed by atoms with E-state index in [1.807, 2.05) is 6.07 Å². The van der Waals surface area contributed by atoms with Gasteiger partial charge in [-0.3, -0.25) is 9.36 Å². The molecular weight excluding hydrogens is 334 g/mol. The van der Waals surface area contributed by atoms with Crippen LogP contribution in [0.1, 0.15) is 21.7 Å². The maximum Gasteiger partial charge on any atom is 0.323 e. The molecule has 8 nitrogen and oxygen atoms in total. The molecule has 0 atom stereocenters. The maximum absolute atomic E-state index is 12.7. The zero-order valence-electron chi connectivity index (χ0n) is 13.7. The van der Waals surface area contributed by atoms with Gasteiger partial charge in [0, 0.05) is 18.1 Å². The minimum atomic E-state index is -0.460. The summed E-state index contributed by atoms with van der Waals surface area (Å²) in [6.07, 6.45) is 3.47. The number of aryl methyl sites for hydroxylation is 1. The molecule has 3 N–H and O–H groups in total. The second-order valence-electron chi connectivity index (χ2n) is 5.71. The van der Waals surface area contributed by atoms with Crippen LogP contribution >= 0.6 is 0 Å². The van der Waals surface area contributed by atoms with Crippen LogP contribution < -0.4 is 11.0 Å². The van der Waals surface area contributed by atoms with Crippen molar-refractivity contribution >= 4 is 22.6 Å². The zero-order valence-corrected chi connectivity index (χ0v) is 13.7. The number of aromatic amines is 2. The predicted octanol–water partition coefficient (Wildman–Crippen LogP) is 2.67. The smallest absolute Gasteiger partial charge is 0.323 e. The molecule has 0 saturated heterocycles. The van der Waals surface area contributed by atoms with Crippen molar-refractivity contribution in [3.8, 4) is 12.0 Å². The van der Waals surface area contributed by atoms with E-state index in [0.717, 1.165) is 0 Å². The van der Waals surface area contributed by atoms with Gasteiger partial charge in [0.1, 0.15) is 23.0 Å². The van der Waals surface area contributed by atoms with Crippen LogP contribution in [0, 0.1) is 18.3 Å². The topological polar surface area (TPSA) is 120 Å². The first-order valence-electron chi connectivity index (χ1n) is 7.77. The second kappa shape index (κ2) is 5.82. The van der Waals surface area contributed by atoms with Crippen LogP contribution in [0.4, 0.5) is 5.69 Å². The third-order valence-electron chi connectivity index (χ3n) is 4.02. The fraction of sp³-hybridized carbons (Fsp3) is 0.0556. The third-order valence-corrected chi connectivity index (χ3v) is 4.02. The lowest BCUT2D eigenvalue weighted by Crippen LogP contribution is -2.14. The molecule has 8 heteroatoms. The normalized spacial score (nSPS) is 10.8. The van der Waals surface area contributed by atoms with Crippen molar-refractivity contribution in [1.29, 1.82) is 5.26 Å². The highest BCUT2D eigenvalue weighted by molar-refractivity contribution is 6.07. The number of imidazole rings is 1. The Morgan fingerprint density at radius 2 is 1.96 bits per heavy atom. The minimum absolute atomic E-state index is 0.160. The van der Waals surface area contributed by atoms with Crippen LogP contribution in [0.5, 0.6) is 0 Å². The molecule has 128 valence electrons. The number of amides is 1. The molecule has 0 spiro atoms. The number of nitriles is 1.